The first-order valence-electron chi connectivity index (χ1n) is 6.50. The number of aromatic nitrogens is 3. The minimum Gasteiger partial charge on any atom is -0.396 e. The molecule has 0 aromatic carbocycles. The van der Waals surface area contributed by atoms with Crippen LogP contribution in [0.2, 0.25) is 0 Å². The zero-order chi connectivity index (χ0) is 13.5. The van der Waals surface area contributed by atoms with Crippen LogP contribution in [0.15, 0.2) is 0 Å². The van der Waals surface area contributed by atoms with Gasteiger partial charge in [0.25, 0.3) is 0 Å². The van der Waals surface area contributed by atoms with Crippen LogP contribution in [0.3, 0.4) is 0 Å². The fourth-order valence-corrected chi connectivity index (χ4v) is 1.91. The van der Waals surface area contributed by atoms with Crippen molar-refractivity contribution in [1.29, 1.82) is 5.26 Å². The van der Waals surface area contributed by atoms with Crippen LogP contribution in [-0.2, 0) is 12.8 Å². The van der Waals surface area contributed by atoms with E-state index in [0.29, 0.717) is 18.8 Å². The van der Waals surface area contributed by atoms with Gasteiger partial charge in [-0.2, -0.15) is 5.26 Å². The lowest BCUT2D eigenvalue weighted by molar-refractivity contribution is 0.254. The van der Waals surface area contributed by atoms with Crippen LogP contribution in [-0.4, -0.2) is 26.7 Å². The Morgan fingerprint density at radius 1 is 1.33 bits per heavy atom. The minimum atomic E-state index is 0.122. The molecule has 0 spiro atoms. The largest absolute Gasteiger partial charge is 0.396 e. The van der Waals surface area contributed by atoms with Gasteiger partial charge in [-0.15, -0.1) is 5.10 Å². The summed E-state index contributed by atoms with van der Waals surface area (Å²) in [7, 11) is 0. The third-order valence-corrected chi connectivity index (χ3v) is 3.04. The van der Waals surface area contributed by atoms with Crippen LogP contribution in [0.1, 0.15) is 51.0 Å². The van der Waals surface area contributed by atoms with Crippen LogP contribution in [0.4, 0.5) is 0 Å². The van der Waals surface area contributed by atoms with Gasteiger partial charge >= 0.3 is 0 Å². The van der Waals surface area contributed by atoms with E-state index >= 15 is 0 Å². The second-order valence-electron chi connectivity index (χ2n) is 5.06. The van der Waals surface area contributed by atoms with Crippen LogP contribution < -0.4 is 0 Å². The van der Waals surface area contributed by atoms with E-state index in [9.17, 15) is 0 Å². The van der Waals surface area contributed by atoms with E-state index in [2.05, 4.69) is 30.2 Å². The molecule has 1 N–H and O–H groups in total. The molecule has 1 rings (SSSR count). The topological polar surface area (TPSA) is 74.7 Å². The molecule has 1 heterocycles. The molecule has 0 fully saturated rings. The summed E-state index contributed by atoms with van der Waals surface area (Å²) in [5.41, 5.74) is 1.83. The summed E-state index contributed by atoms with van der Waals surface area (Å²) >= 11 is 0. The van der Waals surface area contributed by atoms with Crippen molar-refractivity contribution in [2.45, 2.75) is 52.5 Å². The van der Waals surface area contributed by atoms with Gasteiger partial charge in [0, 0.05) is 6.61 Å². The van der Waals surface area contributed by atoms with Crippen molar-refractivity contribution in [1.82, 2.24) is 15.0 Å². The van der Waals surface area contributed by atoms with Crippen molar-refractivity contribution in [2.75, 3.05) is 6.61 Å². The molecule has 0 radical (unpaired) electrons. The van der Waals surface area contributed by atoms with Crippen molar-refractivity contribution >= 4 is 0 Å². The monoisotopic (exact) mass is 250 g/mol. The molecule has 0 saturated carbocycles. The molecular formula is C13H22N4O. The SMILES string of the molecule is CC(C)CCc1c(CC#N)nnn1C(C)CCO. The van der Waals surface area contributed by atoms with Crippen molar-refractivity contribution in [3.63, 3.8) is 0 Å². The van der Waals surface area contributed by atoms with E-state index in [-0.39, 0.29) is 12.6 Å². The highest BCUT2D eigenvalue weighted by molar-refractivity contribution is 5.15. The molecule has 0 amide bonds. The molecule has 0 bridgehead atoms. The molecule has 0 aliphatic carbocycles. The maximum Gasteiger partial charge on any atom is 0.0999 e. The zero-order valence-corrected chi connectivity index (χ0v) is 11.4. The number of hydrogen-bond donors (Lipinski definition) is 1. The van der Waals surface area contributed by atoms with E-state index < -0.39 is 0 Å². The fraction of sp³-hybridized carbons (Fsp3) is 0.769. The number of nitriles is 1. The molecule has 1 unspecified atom stereocenters. The van der Waals surface area contributed by atoms with E-state index in [4.69, 9.17) is 10.4 Å². The van der Waals surface area contributed by atoms with E-state index in [1.54, 1.807) is 0 Å². The van der Waals surface area contributed by atoms with Gasteiger partial charge in [-0.05, 0) is 32.1 Å². The van der Waals surface area contributed by atoms with Crippen molar-refractivity contribution in [3.05, 3.63) is 11.4 Å². The molecule has 18 heavy (non-hydrogen) atoms. The van der Waals surface area contributed by atoms with Crippen molar-refractivity contribution in [2.24, 2.45) is 5.92 Å². The molecule has 0 aliphatic rings. The van der Waals surface area contributed by atoms with E-state index in [0.717, 1.165) is 24.2 Å². The van der Waals surface area contributed by atoms with E-state index in [1.807, 2.05) is 11.6 Å². The van der Waals surface area contributed by atoms with Gasteiger partial charge < -0.3 is 5.11 Å². The standard InChI is InChI=1S/C13H22N4O/c1-10(2)4-5-13-12(6-8-14)15-16-17(13)11(3)7-9-18/h10-11,18H,4-7,9H2,1-3H3. The predicted octanol–water partition coefficient (Wildman–Crippen LogP) is 1.88. The third kappa shape index (κ3) is 3.81. The number of hydrogen-bond acceptors (Lipinski definition) is 4. The van der Waals surface area contributed by atoms with Crippen molar-refractivity contribution < 1.29 is 5.11 Å². The Bertz CT molecular complexity index is 406. The average molecular weight is 250 g/mol. The van der Waals surface area contributed by atoms with Crippen LogP contribution in [0.5, 0.6) is 0 Å². The lowest BCUT2D eigenvalue weighted by Crippen LogP contribution is -2.13. The number of aliphatic hydroxyl groups excluding tert-OH is 1. The van der Waals surface area contributed by atoms with Gasteiger partial charge in [0.15, 0.2) is 0 Å². The summed E-state index contributed by atoms with van der Waals surface area (Å²) in [6, 6.07) is 2.25. The minimum absolute atomic E-state index is 0.122. The Hall–Kier alpha value is -1.41. The Kier molecular flexibility index (Phi) is 5.79. The van der Waals surface area contributed by atoms with Gasteiger partial charge in [-0.25, -0.2) is 4.68 Å². The Labute approximate surface area is 108 Å². The number of rotatable bonds is 7. The quantitative estimate of drug-likeness (QED) is 0.801. The summed E-state index contributed by atoms with van der Waals surface area (Å²) in [5, 5.41) is 26.0. The second kappa shape index (κ2) is 7.12. The lowest BCUT2D eigenvalue weighted by atomic mass is 10.0. The zero-order valence-electron chi connectivity index (χ0n) is 11.4. The summed E-state index contributed by atoms with van der Waals surface area (Å²) in [5.74, 6) is 0.608. The highest BCUT2D eigenvalue weighted by Gasteiger charge is 2.16. The highest BCUT2D eigenvalue weighted by Crippen LogP contribution is 2.18. The molecule has 1 atom stereocenters. The maximum absolute atomic E-state index is 9.00. The molecule has 1 aromatic rings. The fourth-order valence-electron chi connectivity index (χ4n) is 1.91. The Balaban J connectivity index is 2.91. The smallest absolute Gasteiger partial charge is 0.0999 e. The summed E-state index contributed by atoms with van der Waals surface area (Å²) in [4.78, 5) is 0. The van der Waals surface area contributed by atoms with Gasteiger partial charge in [0.1, 0.15) is 0 Å². The lowest BCUT2D eigenvalue weighted by Gasteiger charge is -2.14. The van der Waals surface area contributed by atoms with Gasteiger partial charge in [-0.3, -0.25) is 0 Å². The first kappa shape index (κ1) is 14.7. The molecule has 0 saturated heterocycles. The molecular weight excluding hydrogens is 228 g/mol. The first-order valence-corrected chi connectivity index (χ1v) is 6.50. The number of nitrogens with zero attached hydrogens (tertiary/aromatic N) is 4. The van der Waals surface area contributed by atoms with Gasteiger partial charge in [0.2, 0.25) is 0 Å². The molecule has 5 heteroatoms. The summed E-state index contributed by atoms with van der Waals surface area (Å²) in [6.07, 6.45) is 2.90. The van der Waals surface area contributed by atoms with Gasteiger partial charge in [0.05, 0.1) is 29.9 Å². The second-order valence-corrected chi connectivity index (χ2v) is 5.06. The molecule has 5 nitrogen and oxygen atoms in total. The maximum atomic E-state index is 9.00. The Morgan fingerprint density at radius 3 is 2.61 bits per heavy atom. The van der Waals surface area contributed by atoms with E-state index in [1.165, 1.54) is 0 Å². The normalized spacial score (nSPS) is 12.7. The third-order valence-electron chi connectivity index (χ3n) is 3.04. The summed E-state index contributed by atoms with van der Waals surface area (Å²) in [6.45, 7) is 6.50. The van der Waals surface area contributed by atoms with Crippen LogP contribution in [0.25, 0.3) is 0 Å². The molecule has 100 valence electrons. The van der Waals surface area contributed by atoms with Crippen molar-refractivity contribution in [3.8, 4) is 6.07 Å². The van der Waals surface area contributed by atoms with Crippen LogP contribution >= 0.6 is 0 Å². The molecule has 1 aromatic heterocycles. The number of aliphatic hydroxyl groups is 1. The van der Waals surface area contributed by atoms with Gasteiger partial charge in [-0.1, -0.05) is 19.1 Å². The Morgan fingerprint density at radius 2 is 2.06 bits per heavy atom. The predicted molar refractivity (Wildman–Crippen MR) is 68.9 cm³/mol. The first-order chi connectivity index (χ1) is 8.60. The highest BCUT2D eigenvalue weighted by atomic mass is 16.3. The van der Waals surface area contributed by atoms with Crippen LogP contribution in [0, 0.1) is 17.2 Å². The average Bonchev–Trinajstić information content (AvgIpc) is 2.70. The molecule has 0 aliphatic heterocycles. The summed E-state index contributed by atoms with van der Waals surface area (Å²) < 4.78 is 1.87.